The van der Waals surface area contributed by atoms with E-state index in [-0.39, 0.29) is 16.8 Å². The summed E-state index contributed by atoms with van der Waals surface area (Å²) in [5, 5.41) is 13.2. The monoisotopic (exact) mass is 354 g/mol. The molecule has 1 aromatic carbocycles. The molecule has 1 fully saturated rings. The van der Waals surface area contributed by atoms with E-state index in [0.29, 0.717) is 18.5 Å². The van der Waals surface area contributed by atoms with Gasteiger partial charge >= 0.3 is 11.8 Å². The van der Waals surface area contributed by atoms with Crippen LogP contribution in [0.1, 0.15) is 32.6 Å². The van der Waals surface area contributed by atoms with E-state index in [2.05, 4.69) is 10.6 Å². The van der Waals surface area contributed by atoms with Crippen molar-refractivity contribution in [3.8, 4) is 0 Å². The normalized spacial score (nSPS) is 16.6. The number of aliphatic hydroxyl groups excluding tert-OH is 1. The molecular weight excluding hydrogens is 332 g/mol. The topological polar surface area (TPSA) is 113 Å². The predicted molar refractivity (Wildman–Crippen MR) is 89.2 cm³/mol. The molecule has 1 atom stereocenters. The lowest BCUT2D eigenvalue weighted by Gasteiger charge is -2.12. The third kappa shape index (κ3) is 4.33. The minimum atomic E-state index is -3.34. The van der Waals surface area contributed by atoms with Crippen molar-refractivity contribution in [3.63, 3.8) is 0 Å². The lowest BCUT2D eigenvalue weighted by atomic mass is 10.3. The zero-order valence-electron chi connectivity index (χ0n) is 13.5. The molecule has 24 heavy (non-hydrogen) atoms. The average Bonchev–Trinajstić information content (AvgIpc) is 3.10. The van der Waals surface area contributed by atoms with Gasteiger partial charge in [-0.3, -0.25) is 9.59 Å². The van der Waals surface area contributed by atoms with E-state index >= 15 is 0 Å². The zero-order chi connectivity index (χ0) is 17.7. The highest BCUT2D eigenvalue weighted by Crippen LogP contribution is 2.29. The van der Waals surface area contributed by atoms with Crippen molar-refractivity contribution in [2.24, 2.45) is 0 Å². The van der Waals surface area contributed by atoms with Crippen LogP contribution in [0.15, 0.2) is 29.2 Å². The van der Waals surface area contributed by atoms with Crippen molar-refractivity contribution in [2.75, 3.05) is 11.9 Å². The fraction of sp³-hybridized carbons (Fsp3) is 0.500. The van der Waals surface area contributed by atoms with Crippen LogP contribution in [-0.2, 0) is 19.4 Å². The smallest absolute Gasteiger partial charge is 0.313 e. The molecule has 1 saturated carbocycles. The van der Waals surface area contributed by atoms with Crippen molar-refractivity contribution >= 4 is 27.3 Å². The second kappa shape index (κ2) is 7.76. The van der Waals surface area contributed by atoms with Crippen LogP contribution in [0.3, 0.4) is 0 Å². The third-order valence-corrected chi connectivity index (χ3v) is 6.32. The van der Waals surface area contributed by atoms with E-state index in [1.807, 2.05) is 0 Å². The van der Waals surface area contributed by atoms with Gasteiger partial charge in [-0.05, 0) is 44.0 Å². The number of nitrogens with one attached hydrogen (secondary N) is 2. The van der Waals surface area contributed by atoms with Gasteiger partial charge < -0.3 is 15.7 Å². The quantitative estimate of drug-likeness (QED) is 0.678. The summed E-state index contributed by atoms with van der Waals surface area (Å²) >= 11 is 0. The van der Waals surface area contributed by atoms with Gasteiger partial charge in [0.2, 0.25) is 0 Å². The number of benzene rings is 1. The highest BCUT2D eigenvalue weighted by Gasteiger charge is 2.30. The van der Waals surface area contributed by atoms with Gasteiger partial charge in [0.1, 0.15) is 0 Å². The van der Waals surface area contributed by atoms with Gasteiger partial charge in [-0.25, -0.2) is 8.42 Å². The summed E-state index contributed by atoms with van der Waals surface area (Å²) in [4.78, 5) is 23.5. The molecule has 1 aliphatic carbocycles. The van der Waals surface area contributed by atoms with Crippen molar-refractivity contribution in [3.05, 3.63) is 24.3 Å². The number of aliphatic hydroxyl groups is 1. The van der Waals surface area contributed by atoms with E-state index in [1.165, 1.54) is 24.3 Å². The molecule has 2 rings (SSSR count). The Morgan fingerprint density at radius 1 is 1.17 bits per heavy atom. The fourth-order valence-electron chi connectivity index (χ4n) is 2.64. The Kier molecular flexibility index (Phi) is 5.95. The maximum atomic E-state index is 12.5. The molecule has 0 aromatic heterocycles. The first-order valence-corrected chi connectivity index (χ1v) is 9.46. The van der Waals surface area contributed by atoms with Gasteiger partial charge in [0.15, 0.2) is 9.84 Å². The first kappa shape index (κ1) is 18.4. The minimum Gasteiger partial charge on any atom is -0.394 e. The maximum absolute atomic E-state index is 12.5. The van der Waals surface area contributed by atoms with Gasteiger partial charge in [-0.1, -0.05) is 12.8 Å². The Bertz CT molecular complexity index is 694. The SMILES string of the molecule is CC(CO)NC(=O)C(=O)Nc1ccc(S(=O)(=O)C2CCCC2)cc1. The van der Waals surface area contributed by atoms with Crippen LogP contribution in [0.5, 0.6) is 0 Å². The molecule has 0 heterocycles. The summed E-state index contributed by atoms with van der Waals surface area (Å²) in [6.07, 6.45) is 3.23. The summed E-state index contributed by atoms with van der Waals surface area (Å²) in [6.45, 7) is 1.29. The highest BCUT2D eigenvalue weighted by atomic mass is 32.2. The summed E-state index contributed by atoms with van der Waals surface area (Å²) in [7, 11) is -3.34. The van der Waals surface area contributed by atoms with Crippen LogP contribution >= 0.6 is 0 Å². The predicted octanol–water partition coefficient (Wildman–Crippen LogP) is 0.838. The van der Waals surface area contributed by atoms with E-state index in [0.717, 1.165) is 12.8 Å². The Morgan fingerprint density at radius 2 is 1.75 bits per heavy atom. The van der Waals surface area contributed by atoms with Gasteiger partial charge in [0.25, 0.3) is 0 Å². The van der Waals surface area contributed by atoms with Crippen LogP contribution in [0.4, 0.5) is 5.69 Å². The van der Waals surface area contributed by atoms with Crippen LogP contribution in [0.25, 0.3) is 0 Å². The minimum absolute atomic E-state index is 0.228. The molecule has 3 N–H and O–H groups in total. The number of hydrogen-bond acceptors (Lipinski definition) is 5. The molecule has 1 aliphatic rings. The molecule has 0 radical (unpaired) electrons. The highest BCUT2D eigenvalue weighted by molar-refractivity contribution is 7.92. The molecule has 0 spiro atoms. The molecule has 132 valence electrons. The zero-order valence-corrected chi connectivity index (χ0v) is 14.3. The number of rotatable bonds is 5. The maximum Gasteiger partial charge on any atom is 0.313 e. The van der Waals surface area contributed by atoms with Gasteiger partial charge in [-0.2, -0.15) is 0 Å². The molecule has 7 nitrogen and oxygen atoms in total. The number of carbonyl (C=O) groups excluding carboxylic acids is 2. The average molecular weight is 354 g/mol. The summed E-state index contributed by atoms with van der Waals surface area (Å²) in [5.41, 5.74) is 0.331. The van der Waals surface area contributed by atoms with Crippen molar-refractivity contribution in [1.82, 2.24) is 5.32 Å². The molecule has 1 aromatic rings. The van der Waals surface area contributed by atoms with E-state index in [9.17, 15) is 18.0 Å². The summed E-state index contributed by atoms with van der Waals surface area (Å²) in [5.74, 6) is -1.74. The first-order chi connectivity index (χ1) is 11.3. The van der Waals surface area contributed by atoms with Crippen LogP contribution < -0.4 is 10.6 Å². The van der Waals surface area contributed by atoms with Gasteiger partial charge in [0, 0.05) is 11.7 Å². The number of sulfone groups is 1. The Morgan fingerprint density at radius 3 is 2.29 bits per heavy atom. The molecule has 0 saturated heterocycles. The molecule has 8 heteroatoms. The van der Waals surface area contributed by atoms with E-state index in [4.69, 9.17) is 5.11 Å². The molecule has 1 unspecified atom stereocenters. The second-order valence-electron chi connectivity index (χ2n) is 5.99. The first-order valence-electron chi connectivity index (χ1n) is 7.91. The van der Waals surface area contributed by atoms with Crippen LogP contribution in [0.2, 0.25) is 0 Å². The van der Waals surface area contributed by atoms with Crippen molar-refractivity contribution < 1.29 is 23.1 Å². The van der Waals surface area contributed by atoms with Crippen LogP contribution in [0, 0.1) is 0 Å². The Hall–Kier alpha value is -1.93. The number of anilines is 1. The standard InChI is InChI=1S/C16H22N2O5S/c1-11(10-19)17-15(20)16(21)18-12-6-8-14(9-7-12)24(22,23)13-4-2-3-5-13/h6-9,11,13,19H,2-5,10H2,1H3,(H,17,20)(H,18,21). The molecule has 0 bridgehead atoms. The van der Waals surface area contributed by atoms with Crippen molar-refractivity contribution in [2.45, 2.75) is 48.8 Å². The van der Waals surface area contributed by atoms with E-state index < -0.39 is 27.7 Å². The largest absolute Gasteiger partial charge is 0.394 e. The third-order valence-electron chi connectivity index (χ3n) is 4.04. The van der Waals surface area contributed by atoms with Crippen LogP contribution in [-0.4, -0.2) is 43.2 Å². The van der Waals surface area contributed by atoms with Crippen molar-refractivity contribution in [1.29, 1.82) is 0 Å². The van der Waals surface area contributed by atoms with E-state index in [1.54, 1.807) is 6.92 Å². The summed E-state index contributed by atoms with van der Waals surface area (Å²) < 4.78 is 24.9. The second-order valence-corrected chi connectivity index (χ2v) is 8.22. The lowest BCUT2D eigenvalue weighted by molar-refractivity contribution is -0.136. The lowest BCUT2D eigenvalue weighted by Crippen LogP contribution is -2.42. The summed E-state index contributed by atoms with van der Waals surface area (Å²) in [6, 6.07) is 5.28. The Labute approximate surface area is 141 Å². The number of hydrogen-bond donors (Lipinski definition) is 3. The number of carbonyl (C=O) groups is 2. The Balaban J connectivity index is 2.01. The molecule has 0 aliphatic heterocycles. The number of amides is 2. The molecule has 2 amide bonds. The van der Waals surface area contributed by atoms with Gasteiger partial charge in [-0.15, -0.1) is 0 Å². The molecular formula is C16H22N2O5S. The van der Waals surface area contributed by atoms with Gasteiger partial charge in [0.05, 0.1) is 16.8 Å². The fourth-order valence-corrected chi connectivity index (χ4v) is 4.50.